The van der Waals surface area contributed by atoms with E-state index in [1.807, 2.05) is 0 Å². The number of rotatable bonds is 5. The maximum absolute atomic E-state index is 13.7. The van der Waals surface area contributed by atoms with Gasteiger partial charge in [0, 0.05) is 19.5 Å². The summed E-state index contributed by atoms with van der Waals surface area (Å²) in [5.74, 6) is -0.911. The molecule has 1 aromatic heterocycles. The quantitative estimate of drug-likeness (QED) is 0.860. The highest BCUT2D eigenvalue weighted by atomic mass is 32.2. The van der Waals surface area contributed by atoms with Gasteiger partial charge in [0.25, 0.3) is 5.91 Å². The van der Waals surface area contributed by atoms with Gasteiger partial charge in [0.1, 0.15) is 17.3 Å². The third kappa shape index (κ3) is 4.31. The molecule has 1 N–H and O–H groups in total. The number of sulfone groups is 1. The molecule has 2 aromatic rings. The lowest BCUT2D eigenvalue weighted by molar-refractivity contribution is 0.0336. The van der Waals surface area contributed by atoms with Crippen LogP contribution in [0.1, 0.15) is 34.7 Å². The van der Waals surface area contributed by atoms with Crippen molar-refractivity contribution in [1.29, 1.82) is 0 Å². The first-order valence-corrected chi connectivity index (χ1v) is 10.3. The Morgan fingerprint density at radius 2 is 1.96 bits per heavy atom. The van der Waals surface area contributed by atoms with E-state index in [9.17, 15) is 17.6 Å². The SMILES string of the molecule is CS(=O)(=O)Cc1ccc(C(=O)NC2(c3cccc(F)c3)CCOCC2)o1. The lowest BCUT2D eigenvalue weighted by atomic mass is 9.82. The van der Waals surface area contributed by atoms with Crippen LogP contribution in [0.3, 0.4) is 0 Å². The summed E-state index contributed by atoms with van der Waals surface area (Å²) in [6.45, 7) is 0.878. The van der Waals surface area contributed by atoms with Crippen LogP contribution >= 0.6 is 0 Å². The Labute approximate surface area is 151 Å². The molecule has 1 saturated heterocycles. The topological polar surface area (TPSA) is 85.6 Å². The van der Waals surface area contributed by atoms with E-state index in [1.54, 1.807) is 12.1 Å². The predicted octanol–water partition coefficient (Wildman–Crippen LogP) is 2.40. The molecule has 1 amide bonds. The fraction of sp³-hybridized carbons (Fsp3) is 0.389. The van der Waals surface area contributed by atoms with Crippen molar-refractivity contribution in [3.05, 3.63) is 59.3 Å². The van der Waals surface area contributed by atoms with E-state index < -0.39 is 21.3 Å². The molecular formula is C18H20FNO5S. The molecule has 1 aliphatic heterocycles. The molecule has 1 fully saturated rings. The minimum Gasteiger partial charge on any atom is -0.455 e. The molecular weight excluding hydrogens is 361 g/mol. The third-order valence-electron chi connectivity index (χ3n) is 4.37. The number of hydrogen-bond donors (Lipinski definition) is 1. The largest absolute Gasteiger partial charge is 0.455 e. The standard InChI is InChI=1S/C18H20FNO5S/c1-26(22,23)12-15-5-6-16(25-15)17(21)20-18(7-9-24-10-8-18)13-3-2-4-14(19)11-13/h2-6,11H,7-10,12H2,1H3,(H,20,21). The maximum atomic E-state index is 13.7. The molecule has 2 heterocycles. The summed E-state index contributed by atoms with van der Waals surface area (Å²) in [5, 5.41) is 2.94. The minimum absolute atomic E-state index is 0.0194. The number of carbonyl (C=O) groups is 1. The van der Waals surface area contributed by atoms with Gasteiger partial charge in [0.15, 0.2) is 15.6 Å². The average molecular weight is 381 g/mol. The molecule has 0 spiro atoms. The van der Waals surface area contributed by atoms with Crippen LogP contribution in [-0.4, -0.2) is 33.8 Å². The summed E-state index contributed by atoms with van der Waals surface area (Å²) in [6, 6.07) is 9.03. The van der Waals surface area contributed by atoms with Crippen molar-refractivity contribution in [2.24, 2.45) is 0 Å². The summed E-state index contributed by atoms with van der Waals surface area (Å²) in [7, 11) is -3.26. The van der Waals surface area contributed by atoms with E-state index in [4.69, 9.17) is 9.15 Å². The van der Waals surface area contributed by atoms with Gasteiger partial charge in [-0.15, -0.1) is 0 Å². The Bertz CT molecular complexity index is 900. The van der Waals surface area contributed by atoms with Crippen molar-refractivity contribution in [2.75, 3.05) is 19.5 Å². The van der Waals surface area contributed by atoms with Crippen LogP contribution in [0.5, 0.6) is 0 Å². The monoisotopic (exact) mass is 381 g/mol. The average Bonchev–Trinajstić information content (AvgIpc) is 3.02. The molecule has 1 aromatic carbocycles. The van der Waals surface area contributed by atoms with E-state index in [2.05, 4.69) is 5.32 Å². The van der Waals surface area contributed by atoms with Gasteiger partial charge in [-0.2, -0.15) is 0 Å². The van der Waals surface area contributed by atoms with Crippen molar-refractivity contribution in [3.63, 3.8) is 0 Å². The van der Waals surface area contributed by atoms with Gasteiger partial charge in [0.05, 0.1) is 5.54 Å². The highest BCUT2D eigenvalue weighted by molar-refractivity contribution is 7.89. The Hall–Kier alpha value is -2.19. The van der Waals surface area contributed by atoms with Crippen LogP contribution in [-0.2, 0) is 25.9 Å². The summed E-state index contributed by atoms with van der Waals surface area (Å²) in [6.07, 6.45) is 2.09. The molecule has 0 radical (unpaired) electrons. The van der Waals surface area contributed by atoms with E-state index in [1.165, 1.54) is 24.3 Å². The third-order valence-corrected chi connectivity index (χ3v) is 5.18. The first-order valence-electron chi connectivity index (χ1n) is 8.20. The van der Waals surface area contributed by atoms with Crippen LogP contribution < -0.4 is 5.32 Å². The van der Waals surface area contributed by atoms with Gasteiger partial charge in [-0.3, -0.25) is 4.79 Å². The second-order valence-electron chi connectivity index (χ2n) is 6.49. The Morgan fingerprint density at radius 1 is 1.23 bits per heavy atom. The van der Waals surface area contributed by atoms with Gasteiger partial charge < -0.3 is 14.5 Å². The zero-order valence-electron chi connectivity index (χ0n) is 14.3. The van der Waals surface area contributed by atoms with Gasteiger partial charge in [-0.1, -0.05) is 12.1 Å². The maximum Gasteiger partial charge on any atom is 0.287 e. The first kappa shape index (κ1) is 18.6. The first-order chi connectivity index (χ1) is 12.3. The lowest BCUT2D eigenvalue weighted by Gasteiger charge is -2.38. The molecule has 3 rings (SSSR count). The number of ether oxygens (including phenoxy) is 1. The number of nitrogens with one attached hydrogen (secondary N) is 1. The number of amides is 1. The lowest BCUT2D eigenvalue weighted by Crippen LogP contribution is -2.49. The number of benzene rings is 1. The zero-order chi connectivity index (χ0) is 18.8. The Kier molecular flexibility index (Phi) is 5.15. The van der Waals surface area contributed by atoms with Crippen LogP contribution in [0.25, 0.3) is 0 Å². The summed E-state index contributed by atoms with van der Waals surface area (Å²) in [4.78, 5) is 12.7. The predicted molar refractivity (Wildman–Crippen MR) is 92.9 cm³/mol. The summed E-state index contributed by atoms with van der Waals surface area (Å²) >= 11 is 0. The normalized spacial score (nSPS) is 17.0. The van der Waals surface area contributed by atoms with Crippen LogP contribution in [0, 0.1) is 5.82 Å². The van der Waals surface area contributed by atoms with Crippen LogP contribution in [0.2, 0.25) is 0 Å². The van der Waals surface area contributed by atoms with Crippen LogP contribution in [0.15, 0.2) is 40.8 Å². The molecule has 8 heteroatoms. The molecule has 26 heavy (non-hydrogen) atoms. The minimum atomic E-state index is -3.26. The number of furan rings is 1. The van der Waals surface area contributed by atoms with Crippen molar-refractivity contribution in [2.45, 2.75) is 24.1 Å². The highest BCUT2D eigenvalue weighted by Crippen LogP contribution is 2.33. The van der Waals surface area contributed by atoms with Gasteiger partial charge in [0.2, 0.25) is 0 Å². The van der Waals surface area contributed by atoms with E-state index in [0.29, 0.717) is 31.6 Å². The summed E-state index contributed by atoms with van der Waals surface area (Å²) in [5.41, 5.74) is -0.0987. The smallest absolute Gasteiger partial charge is 0.287 e. The molecule has 0 saturated carbocycles. The zero-order valence-corrected chi connectivity index (χ0v) is 15.1. The number of hydrogen-bond acceptors (Lipinski definition) is 5. The van der Waals surface area contributed by atoms with E-state index in [-0.39, 0.29) is 23.1 Å². The molecule has 140 valence electrons. The van der Waals surface area contributed by atoms with Crippen molar-refractivity contribution in [1.82, 2.24) is 5.32 Å². The fourth-order valence-corrected chi connectivity index (χ4v) is 3.78. The Morgan fingerprint density at radius 3 is 2.62 bits per heavy atom. The molecule has 6 nitrogen and oxygen atoms in total. The van der Waals surface area contributed by atoms with Gasteiger partial charge >= 0.3 is 0 Å². The van der Waals surface area contributed by atoms with E-state index >= 15 is 0 Å². The molecule has 0 bridgehead atoms. The van der Waals surface area contributed by atoms with Crippen molar-refractivity contribution in [3.8, 4) is 0 Å². The van der Waals surface area contributed by atoms with Gasteiger partial charge in [-0.25, -0.2) is 12.8 Å². The Balaban J connectivity index is 1.84. The molecule has 0 unspecified atom stereocenters. The highest BCUT2D eigenvalue weighted by Gasteiger charge is 2.37. The van der Waals surface area contributed by atoms with Crippen molar-refractivity contribution >= 4 is 15.7 Å². The second-order valence-corrected chi connectivity index (χ2v) is 8.64. The second kappa shape index (κ2) is 7.20. The summed E-state index contributed by atoms with van der Waals surface area (Å²) < 4.78 is 47.2. The van der Waals surface area contributed by atoms with Crippen molar-refractivity contribution < 1.29 is 26.8 Å². The number of carbonyl (C=O) groups excluding carboxylic acids is 1. The number of halogens is 1. The molecule has 0 atom stereocenters. The van der Waals surface area contributed by atoms with Gasteiger partial charge in [-0.05, 0) is 42.7 Å². The molecule has 0 aliphatic carbocycles. The molecule has 1 aliphatic rings. The van der Waals surface area contributed by atoms with Crippen LogP contribution in [0.4, 0.5) is 4.39 Å². The fourth-order valence-electron chi connectivity index (χ4n) is 3.11. The van der Waals surface area contributed by atoms with E-state index in [0.717, 1.165) is 6.26 Å².